The molecule has 0 spiro atoms. The van der Waals surface area contributed by atoms with Gasteiger partial charge in [-0.15, -0.1) is 0 Å². The van der Waals surface area contributed by atoms with Crippen LogP contribution in [0.25, 0.3) is 0 Å². The Hall–Kier alpha value is -0.810. The fraction of sp³-hybridized carbons (Fsp3) is 0.933. The first-order chi connectivity index (χ1) is 9.45. The summed E-state index contributed by atoms with van der Waals surface area (Å²) in [4.78, 5) is 16.2. The van der Waals surface area contributed by atoms with Crippen LogP contribution in [0.5, 0.6) is 0 Å². The van der Waals surface area contributed by atoms with Gasteiger partial charge in [0.25, 0.3) is 0 Å². The molecule has 2 amide bonds. The van der Waals surface area contributed by atoms with E-state index in [4.69, 9.17) is 0 Å². The highest BCUT2D eigenvalue weighted by molar-refractivity contribution is 5.74. The van der Waals surface area contributed by atoms with Crippen molar-refractivity contribution in [2.75, 3.05) is 32.7 Å². The van der Waals surface area contributed by atoms with Gasteiger partial charge >= 0.3 is 6.03 Å². The van der Waals surface area contributed by atoms with Crippen LogP contribution in [0.4, 0.5) is 4.79 Å². The van der Waals surface area contributed by atoms with Crippen molar-refractivity contribution in [3.05, 3.63) is 0 Å². The maximum atomic E-state index is 12.0. The van der Waals surface area contributed by atoms with E-state index < -0.39 is 0 Å². The van der Waals surface area contributed by atoms with Gasteiger partial charge in [0.2, 0.25) is 0 Å². The van der Waals surface area contributed by atoms with Gasteiger partial charge in [-0.1, -0.05) is 6.92 Å². The summed E-state index contributed by atoms with van der Waals surface area (Å²) < 4.78 is 0. The normalized spacial score (nSPS) is 18.6. The predicted octanol–water partition coefficient (Wildman–Crippen LogP) is 1.52. The largest absolute Gasteiger partial charge is 0.393 e. The second-order valence-electron chi connectivity index (χ2n) is 6.02. The van der Waals surface area contributed by atoms with Crippen LogP contribution in [-0.2, 0) is 0 Å². The molecule has 0 aromatic heterocycles. The molecule has 0 aromatic carbocycles. The molecule has 1 aliphatic rings. The fourth-order valence-corrected chi connectivity index (χ4v) is 2.78. The molecule has 1 fully saturated rings. The second-order valence-corrected chi connectivity index (χ2v) is 6.02. The third-order valence-electron chi connectivity index (χ3n) is 4.32. The minimum atomic E-state index is -0.260. The molecule has 1 heterocycles. The van der Waals surface area contributed by atoms with E-state index in [9.17, 15) is 9.90 Å². The van der Waals surface area contributed by atoms with Crippen LogP contribution in [-0.4, -0.2) is 65.8 Å². The summed E-state index contributed by atoms with van der Waals surface area (Å²) in [7, 11) is 0. The molecule has 1 aliphatic heterocycles. The number of aliphatic hydroxyl groups is 1. The molecule has 5 heteroatoms. The first-order valence-electron chi connectivity index (χ1n) is 7.90. The molecule has 2 N–H and O–H groups in total. The minimum Gasteiger partial charge on any atom is -0.393 e. The number of hydrogen-bond acceptors (Lipinski definition) is 3. The van der Waals surface area contributed by atoms with Crippen molar-refractivity contribution in [2.24, 2.45) is 5.92 Å². The number of nitrogens with one attached hydrogen (secondary N) is 1. The number of hydrogen-bond donors (Lipinski definition) is 2. The number of likely N-dealkylation sites (N-methyl/N-ethyl adjacent to an activating group) is 1. The Morgan fingerprint density at radius 1 is 1.35 bits per heavy atom. The number of aliphatic hydroxyl groups excluding tert-OH is 1. The Morgan fingerprint density at radius 3 is 2.40 bits per heavy atom. The van der Waals surface area contributed by atoms with Crippen molar-refractivity contribution in [1.29, 1.82) is 0 Å². The molecular weight excluding hydrogens is 254 g/mol. The molecule has 20 heavy (non-hydrogen) atoms. The number of amides is 2. The van der Waals surface area contributed by atoms with Crippen LogP contribution < -0.4 is 5.32 Å². The van der Waals surface area contributed by atoms with Gasteiger partial charge < -0.3 is 15.3 Å². The monoisotopic (exact) mass is 285 g/mol. The highest BCUT2D eigenvalue weighted by Crippen LogP contribution is 2.20. The van der Waals surface area contributed by atoms with Gasteiger partial charge in [0.15, 0.2) is 0 Å². The average Bonchev–Trinajstić information content (AvgIpc) is 2.43. The number of carbonyl (C=O) groups is 1. The lowest BCUT2D eigenvalue weighted by atomic mass is 9.92. The molecule has 0 bridgehead atoms. The van der Waals surface area contributed by atoms with E-state index in [0.717, 1.165) is 39.0 Å². The van der Waals surface area contributed by atoms with Gasteiger partial charge in [0, 0.05) is 32.2 Å². The van der Waals surface area contributed by atoms with Gasteiger partial charge in [-0.3, -0.25) is 4.90 Å². The van der Waals surface area contributed by atoms with Gasteiger partial charge in [0.1, 0.15) is 0 Å². The number of nitrogens with zero attached hydrogens (tertiary/aromatic N) is 2. The lowest BCUT2D eigenvalue weighted by Crippen LogP contribution is -2.47. The fourth-order valence-electron chi connectivity index (χ4n) is 2.78. The van der Waals surface area contributed by atoms with E-state index in [1.807, 2.05) is 11.8 Å². The van der Waals surface area contributed by atoms with Crippen molar-refractivity contribution >= 4 is 6.03 Å². The topological polar surface area (TPSA) is 55.8 Å². The van der Waals surface area contributed by atoms with Crippen molar-refractivity contribution in [3.63, 3.8) is 0 Å². The highest BCUT2D eigenvalue weighted by atomic mass is 16.3. The summed E-state index contributed by atoms with van der Waals surface area (Å²) in [6.07, 6.45) is 1.54. The van der Waals surface area contributed by atoms with E-state index in [1.54, 1.807) is 0 Å². The smallest absolute Gasteiger partial charge is 0.317 e. The quantitative estimate of drug-likeness (QED) is 0.778. The van der Waals surface area contributed by atoms with Crippen molar-refractivity contribution in [2.45, 2.75) is 52.7 Å². The van der Waals surface area contributed by atoms with Crippen LogP contribution >= 0.6 is 0 Å². The summed E-state index contributed by atoms with van der Waals surface area (Å²) in [5, 5.41) is 12.6. The average molecular weight is 285 g/mol. The summed E-state index contributed by atoms with van der Waals surface area (Å²) in [6.45, 7) is 12.4. The lowest BCUT2D eigenvalue weighted by molar-refractivity contribution is 0.0796. The van der Waals surface area contributed by atoms with Gasteiger partial charge in [-0.05, 0) is 46.1 Å². The zero-order valence-electron chi connectivity index (χ0n) is 13.4. The molecule has 0 aromatic rings. The third-order valence-corrected chi connectivity index (χ3v) is 4.32. The second kappa shape index (κ2) is 8.47. The molecule has 118 valence electrons. The van der Waals surface area contributed by atoms with Crippen molar-refractivity contribution in [1.82, 2.24) is 15.1 Å². The molecule has 1 atom stereocenters. The van der Waals surface area contributed by atoms with Crippen LogP contribution in [0.3, 0.4) is 0 Å². The highest BCUT2D eigenvalue weighted by Gasteiger charge is 2.25. The SMILES string of the molecule is CCN(CCNC(=O)N1CCC(C(C)O)CC1)C(C)C. The van der Waals surface area contributed by atoms with Crippen LogP contribution in [0.15, 0.2) is 0 Å². The predicted molar refractivity (Wildman–Crippen MR) is 81.8 cm³/mol. The van der Waals surface area contributed by atoms with E-state index in [2.05, 4.69) is 31.0 Å². The summed E-state index contributed by atoms with van der Waals surface area (Å²) in [5.41, 5.74) is 0. The summed E-state index contributed by atoms with van der Waals surface area (Å²) in [5.74, 6) is 0.343. The Kier molecular flexibility index (Phi) is 7.30. The first-order valence-corrected chi connectivity index (χ1v) is 7.90. The third kappa shape index (κ3) is 5.29. The molecule has 0 saturated carbocycles. The Morgan fingerprint density at radius 2 is 1.95 bits per heavy atom. The minimum absolute atomic E-state index is 0.0360. The number of carbonyl (C=O) groups excluding carboxylic acids is 1. The van der Waals surface area contributed by atoms with E-state index in [-0.39, 0.29) is 12.1 Å². The molecule has 0 radical (unpaired) electrons. The van der Waals surface area contributed by atoms with Crippen LogP contribution in [0, 0.1) is 5.92 Å². The Balaban J connectivity index is 2.24. The lowest BCUT2D eigenvalue weighted by Gasteiger charge is -2.33. The molecule has 1 unspecified atom stereocenters. The molecule has 0 aliphatic carbocycles. The molecule has 5 nitrogen and oxygen atoms in total. The summed E-state index contributed by atoms with van der Waals surface area (Å²) in [6, 6.07) is 0.549. The molecular formula is C15H31N3O2. The van der Waals surface area contributed by atoms with Gasteiger partial charge in [-0.25, -0.2) is 4.79 Å². The zero-order valence-corrected chi connectivity index (χ0v) is 13.4. The Labute approximate surface area is 123 Å². The van der Waals surface area contributed by atoms with Crippen molar-refractivity contribution in [3.8, 4) is 0 Å². The number of likely N-dealkylation sites (tertiary alicyclic amines) is 1. The van der Waals surface area contributed by atoms with E-state index in [1.165, 1.54) is 0 Å². The van der Waals surface area contributed by atoms with Crippen LogP contribution in [0.2, 0.25) is 0 Å². The maximum absolute atomic E-state index is 12.0. The van der Waals surface area contributed by atoms with Crippen molar-refractivity contribution < 1.29 is 9.90 Å². The molecule has 1 saturated heterocycles. The Bertz CT molecular complexity index is 287. The van der Waals surface area contributed by atoms with Gasteiger partial charge in [0.05, 0.1) is 6.10 Å². The number of piperidine rings is 1. The first kappa shape index (κ1) is 17.2. The number of rotatable bonds is 6. The van der Waals surface area contributed by atoms with E-state index >= 15 is 0 Å². The van der Waals surface area contributed by atoms with Gasteiger partial charge in [-0.2, -0.15) is 0 Å². The molecule has 1 rings (SSSR count). The maximum Gasteiger partial charge on any atom is 0.317 e. The standard InChI is InChI=1S/C15H31N3O2/c1-5-17(12(2)3)11-8-16-15(20)18-9-6-14(7-10-18)13(4)19/h12-14,19H,5-11H2,1-4H3,(H,16,20). The number of urea groups is 1. The van der Waals surface area contributed by atoms with E-state index in [0.29, 0.717) is 18.5 Å². The van der Waals surface area contributed by atoms with Crippen LogP contribution in [0.1, 0.15) is 40.5 Å². The zero-order chi connectivity index (χ0) is 15.1. The summed E-state index contributed by atoms with van der Waals surface area (Å²) >= 11 is 0.